The zero-order chi connectivity index (χ0) is 24.7. The lowest BCUT2D eigenvalue weighted by molar-refractivity contribution is -0.159. The number of phenolic OH excluding ortho intramolecular Hbond substituents is 1. The predicted molar refractivity (Wildman–Crippen MR) is 115 cm³/mol. The highest BCUT2D eigenvalue weighted by atomic mass is 35.5. The maximum absolute atomic E-state index is 13.4. The van der Waals surface area contributed by atoms with E-state index in [2.05, 4.69) is 6.58 Å². The van der Waals surface area contributed by atoms with Crippen LogP contribution in [0.5, 0.6) is 5.75 Å². The van der Waals surface area contributed by atoms with Crippen molar-refractivity contribution in [3.8, 4) is 5.75 Å². The molecule has 33 heavy (non-hydrogen) atoms. The number of halogens is 1. The highest BCUT2D eigenvalue weighted by molar-refractivity contribution is 6.34. The van der Waals surface area contributed by atoms with Crippen molar-refractivity contribution in [2.24, 2.45) is 17.6 Å². The average Bonchev–Trinajstić information content (AvgIpc) is 2.72. The van der Waals surface area contributed by atoms with Gasteiger partial charge in [0.15, 0.2) is 11.4 Å². The van der Waals surface area contributed by atoms with Gasteiger partial charge in [-0.25, -0.2) is 0 Å². The first-order valence-corrected chi connectivity index (χ1v) is 10.2. The fourth-order valence-electron chi connectivity index (χ4n) is 5.27. The van der Waals surface area contributed by atoms with Gasteiger partial charge in [-0.3, -0.25) is 19.3 Å². The van der Waals surface area contributed by atoms with Crippen molar-refractivity contribution in [3.05, 3.63) is 57.5 Å². The molecule has 0 radical (unpaired) electrons. The van der Waals surface area contributed by atoms with Crippen LogP contribution in [0, 0.1) is 11.8 Å². The Kier molecular flexibility index (Phi) is 4.99. The standard InChI is InChI=1S/C22H21ClN2O8/c1-6-9-7(23)4-5-8(26)11(9)16(27)12-10(6)17(28)14-15(25(2)3)18(29)13(21(24)32)20(31)22(14,33)19(12)30/h4-5,10,14-15,17,26,28-30,33H,1H2,2-3H3,(H2,24,32)/t10?,14-,15+,17+,22+/m1/s1. The minimum absolute atomic E-state index is 0.0498. The van der Waals surface area contributed by atoms with E-state index in [1.807, 2.05) is 0 Å². The summed E-state index contributed by atoms with van der Waals surface area (Å²) in [6, 6.07) is 1.13. The Labute approximate surface area is 192 Å². The van der Waals surface area contributed by atoms with E-state index in [-0.39, 0.29) is 21.7 Å². The molecule has 0 aromatic heterocycles. The van der Waals surface area contributed by atoms with Crippen molar-refractivity contribution in [3.63, 3.8) is 0 Å². The zero-order valence-electron chi connectivity index (χ0n) is 17.5. The second-order valence-electron chi connectivity index (χ2n) is 8.56. The average molecular weight is 477 g/mol. The second-order valence-corrected chi connectivity index (χ2v) is 8.96. The van der Waals surface area contributed by atoms with Crippen LogP contribution in [0.1, 0.15) is 15.9 Å². The van der Waals surface area contributed by atoms with Gasteiger partial charge >= 0.3 is 0 Å². The molecule has 1 unspecified atom stereocenters. The molecule has 0 saturated carbocycles. The van der Waals surface area contributed by atoms with Gasteiger partial charge in [0.1, 0.15) is 22.8 Å². The third kappa shape index (κ3) is 2.69. The fraction of sp³-hybridized carbons (Fsp3) is 0.318. The number of benzene rings is 1. The number of Topliss-reactive ketones (excluding diaryl/α,β-unsaturated/α-hetero) is 2. The number of ketones is 2. The van der Waals surface area contributed by atoms with E-state index in [9.17, 15) is 39.9 Å². The van der Waals surface area contributed by atoms with Crippen molar-refractivity contribution in [2.45, 2.75) is 17.7 Å². The second kappa shape index (κ2) is 7.16. The van der Waals surface area contributed by atoms with E-state index in [1.54, 1.807) is 0 Å². The number of hydrogen-bond donors (Lipinski definition) is 6. The van der Waals surface area contributed by atoms with Crippen LogP contribution in [0.15, 0.2) is 41.4 Å². The molecular weight excluding hydrogens is 456 g/mol. The lowest BCUT2D eigenvalue weighted by atomic mass is 9.56. The van der Waals surface area contributed by atoms with Crippen LogP contribution in [0.2, 0.25) is 5.02 Å². The number of carbonyl (C=O) groups is 3. The summed E-state index contributed by atoms with van der Waals surface area (Å²) >= 11 is 6.24. The van der Waals surface area contributed by atoms with Gasteiger partial charge in [0, 0.05) is 16.5 Å². The minimum Gasteiger partial charge on any atom is -0.510 e. The van der Waals surface area contributed by atoms with Gasteiger partial charge in [-0.1, -0.05) is 18.2 Å². The van der Waals surface area contributed by atoms with Crippen LogP contribution in [0.3, 0.4) is 0 Å². The largest absolute Gasteiger partial charge is 0.510 e. The number of rotatable bonds is 2. The van der Waals surface area contributed by atoms with Crippen molar-refractivity contribution < 1.29 is 39.9 Å². The molecule has 0 bridgehead atoms. The molecule has 0 heterocycles. The molecule has 0 fully saturated rings. The smallest absolute Gasteiger partial charge is 0.255 e. The molecule has 1 amide bonds. The van der Waals surface area contributed by atoms with Crippen LogP contribution in [-0.2, 0) is 9.59 Å². The molecule has 3 aliphatic carbocycles. The summed E-state index contributed by atoms with van der Waals surface area (Å²) in [5.41, 5.74) is 0.528. The zero-order valence-corrected chi connectivity index (χ0v) is 18.3. The van der Waals surface area contributed by atoms with Crippen molar-refractivity contribution in [1.29, 1.82) is 0 Å². The molecule has 5 atom stereocenters. The maximum Gasteiger partial charge on any atom is 0.255 e. The third-order valence-electron chi connectivity index (χ3n) is 6.67. The molecule has 3 aliphatic rings. The summed E-state index contributed by atoms with van der Waals surface area (Å²) in [5, 5.41) is 55.1. The summed E-state index contributed by atoms with van der Waals surface area (Å²) in [7, 11) is 2.90. The quantitative estimate of drug-likeness (QED) is 0.325. The lowest BCUT2D eigenvalue weighted by Gasteiger charge is -2.52. The van der Waals surface area contributed by atoms with E-state index in [1.165, 1.54) is 25.1 Å². The number of phenols is 1. The number of aromatic hydroxyl groups is 1. The van der Waals surface area contributed by atoms with E-state index >= 15 is 0 Å². The van der Waals surface area contributed by atoms with Crippen LogP contribution < -0.4 is 5.73 Å². The van der Waals surface area contributed by atoms with Crippen LogP contribution in [-0.4, -0.2) is 79.7 Å². The van der Waals surface area contributed by atoms with Crippen LogP contribution in [0.25, 0.3) is 5.57 Å². The van der Waals surface area contributed by atoms with Gasteiger partial charge in [0.25, 0.3) is 5.91 Å². The molecule has 0 saturated heterocycles. The van der Waals surface area contributed by atoms with Crippen LogP contribution in [0.4, 0.5) is 0 Å². The Morgan fingerprint density at radius 1 is 1.18 bits per heavy atom. The van der Waals surface area contributed by atoms with Crippen molar-refractivity contribution in [1.82, 2.24) is 4.90 Å². The number of nitrogens with zero attached hydrogens (tertiary/aromatic N) is 1. The number of fused-ring (bicyclic) bond motifs is 3. The van der Waals surface area contributed by atoms with Gasteiger partial charge in [-0.2, -0.15) is 0 Å². The molecule has 0 spiro atoms. The number of aliphatic hydroxyl groups is 4. The summed E-state index contributed by atoms with van der Waals surface area (Å²) in [6.07, 6.45) is -1.75. The minimum atomic E-state index is -2.97. The number of amides is 1. The first-order valence-electron chi connectivity index (χ1n) is 9.81. The highest BCUT2D eigenvalue weighted by Crippen LogP contribution is 2.55. The van der Waals surface area contributed by atoms with E-state index in [0.29, 0.717) is 0 Å². The molecule has 1 aromatic rings. The number of aliphatic hydroxyl groups excluding tert-OH is 3. The topological polar surface area (TPSA) is 182 Å². The fourth-order valence-corrected chi connectivity index (χ4v) is 5.55. The number of likely N-dealkylation sites (N-methyl/N-ethyl adjacent to an activating group) is 1. The molecule has 10 nitrogen and oxygen atoms in total. The normalized spacial score (nSPS) is 31.5. The van der Waals surface area contributed by atoms with Crippen molar-refractivity contribution in [2.75, 3.05) is 14.1 Å². The number of carbonyl (C=O) groups excluding carboxylic acids is 3. The van der Waals surface area contributed by atoms with Gasteiger partial charge in [0.05, 0.1) is 29.2 Å². The summed E-state index contributed by atoms with van der Waals surface area (Å²) in [5.74, 6) is -9.17. The first-order chi connectivity index (χ1) is 15.3. The molecule has 4 rings (SSSR count). The van der Waals surface area contributed by atoms with Crippen LogP contribution >= 0.6 is 11.6 Å². The lowest BCUT2D eigenvalue weighted by Crippen LogP contribution is -2.68. The van der Waals surface area contributed by atoms with Gasteiger partial charge in [0.2, 0.25) is 5.78 Å². The third-order valence-corrected chi connectivity index (χ3v) is 6.99. The number of hydrogen-bond acceptors (Lipinski definition) is 9. The Balaban J connectivity index is 2.09. The monoisotopic (exact) mass is 476 g/mol. The summed E-state index contributed by atoms with van der Waals surface area (Å²) in [6.45, 7) is 3.89. The Bertz CT molecular complexity index is 1230. The first kappa shape index (κ1) is 23.0. The van der Waals surface area contributed by atoms with Gasteiger partial charge < -0.3 is 31.3 Å². The number of nitrogens with two attached hydrogens (primary N) is 1. The molecule has 1 aromatic carbocycles. The maximum atomic E-state index is 13.4. The Morgan fingerprint density at radius 2 is 1.79 bits per heavy atom. The molecular formula is C22H21ClN2O8. The molecule has 7 N–H and O–H groups in total. The van der Waals surface area contributed by atoms with Gasteiger partial charge in [-0.05, 0) is 31.8 Å². The Hall–Kier alpha value is -3.18. The predicted octanol–water partition coefficient (Wildman–Crippen LogP) is 0.216. The SMILES string of the molecule is C=C1c2c(Cl)ccc(O)c2C(=O)C2=C(O)[C@]3(O)C(=O)C(C(N)=O)=C(O)[C@@H](N(C)C)[C@@H]3[C@@H](O)C12. The molecule has 174 valence electrons. The van der Waals surface area contributed by atoms with E-state index in [0.717, 1.165) is 6.07 Å². The van der Waals surface area contributed by atoms with Crippen molar-refractivity contribution >= 4 is 34.6 Å². The van der Waals surface area contributed by atoms with Gasteiger partial charge in [-0.15, -0.1) is 0 Å². The molecule has 0 aliphatic heterocycles. The van der Waals surface area contributed by atoms with E-state index in [4.69, 9.17) is 17.3 Å². The summed E-state index contributed by atoms with van der Waals surface area (Å²) < 4.78 is 0. The Morgan fingerprint density at radius 3 is 2.33 bits per heavy atom. The van der Waals surface area contributed by atoms with E-state index < -0.39 is 75.5 Å². The molecule has 11 heteroatoms. The summed E-state index contributed by atoms with van der Waals surface area (Å²) in [4.78, 5) is 39.8. The number of primary amides is 1. The highest BCUT2D eigenvalue weighted by Gasteiger charge is 2.67.